The van der Waals surface area contributed by atoms with E-state index in [1.165, 1.54) is 12.1 Å². The number of aromatic nitrogens is 3. The smallest absolute Gasteiger partial charge is 0.307 e. The van der Waals surface area contributed by atoms with Gasteiger partial charge in [-0.15, -0.1) is 0 Å². The van der Waals surface area contributed by atoms with Gasteiger partial charge >= 0.3 is 5.97 Å². The number of carboxylic acid groups (broad SMARTS) is 1. The Morgan fingerprint density at radius 3 is 2.77 bits per heavy atom. The Balaban J connectivity index is 2.18. The lowest BCUT2D eigenvalue weighted by atomic mass is 10.1. The van der Waals surface area contributed by atoms with Crippen LogP contribution < -0.4 is 0 Å². The molecule has 0 saturated carbocycles. The van der Waals surface area contributed by atoms with Crippen molar-refractivity contribution in [3.05, 3.63) is 53.1 Å². The number of aryl methyl sites for hydroxylation is 2. The SMILES string of the molecule is Cc1nc2cc(-c3cccc(F)c3)nn2c(C)c1CC(=O)O. The molecule has 2 aromatic heterocycles. The zero-order valence-electron chi connectivity index (χ0n) is 12.2. The van der Waals surface area contributed by atoms with Crippen molar-refractivity contribution in [2.75, 3.05) is 0 Å². The quantitative estimate of drug-likeness (QED) is 0.807. The van der Waals surface area contributed by atoms with Crippen molar-refractivity contribution in [2.45, 2.75) is 20.3 Å². The van der Waals surface area contributed by atoms with Crippen LogP contribution in [0.15, 0.2) is 30.3 Å². The van der Waals surface area contributed by atoms with Crippen LogP contribution in [0, 0.1) is 19.7 Å². The van der Waals surface area contributed by atoms with Crippen LogP contribution in [0.2, 0.25) is 0 Å². The molecule has 5 nitrogen and oxygen atoms in total. The summed E-state index contributed by atoms with van der Waals surface area (Å²) in [6.07, 6.45) is -0.101. The standard InChI is InChI=1S/C16H14FN3O2/c1-9-13(7-16(21)22)10(2)20-15(18-9)8-14(19-20)11-4-3-5-12(17)6-11/h3-6,8H,7H2,1-2H3,(H,21,22). The third-order valence-corrected chi connectivity index (χ3v) is 3.61. The van der Waals surface area contributed by atoms with Crippen LogP contribution in [0.4, 0.5) is 4.39 Å². The maximum Gasteiger partial charge on any atom is 0.307 e. The first-order valence-electron chi connectivity index (χ1n) is 6.79. The van der Waals surface area contributed by atoms with Crippen LogP contribution in [0.1, 0.15) is 17.0 Å². The molecule has 3 aromatic rings. The average Bonchev–Trinajstić information content (AvgIpc) is 2.87. The highest BCUT2D eigenvalue weighted by molar-refractivity contribution is 5.71. The molecule has 22 heavy (non-hydrogen) atoms. The van der Waals surface area contributed by atoms with Gasteiger partial charge in [-0.25, -0.2) is 13.9 Å². The van der Waals surface area contributed by atoms with Gasteiger partial charge in [0.2, 0.25) is 0 Å². The number of benzene rings is 1. The average molecular weight is 299 g/mol. The second-order valence-corrected chi connectivity index (χ2v) is 5.14. The summed E-state index contributed by atoms with van der Waals surface area (Å²) in [6.45, 7) is 3.59. The molecule has 0 radical (unpaired) electrons. The third-order valence-electron chi connectivity index (χ3n) is 3.61. The fourth-order valence-corrected chi connectivity index (χ4v) is 2.52. The van der Waals surface area contributed by atoms with Crippen molar-refractivity contribution in [3.8, 4) is 11.3 Å². The van der Waals surface area contributed by atoms with Crippen molar-refractivity contribution in [1.29, 1.82) is 0 Å². The summed E-state index contributed by atoms with van der Waals surface area (Å²) < 4.78 is 14.9. The monoisotopic (exact) mass is 299 g/mol. The van der Waals surface area contributed by atoms with E-state index in [1.54, 1.807) is 29.6 Å². The Hall–Kier alpha value is -2.76. The largest absolute Gasteiger partial charge is 0.481 e. The molecule has 0 atom stereocenters. The Bertz CT molecular complexity index is 886. The summed E-state index contributed by atoms with van der Waals surface area (Å²) in [5, 5.41) is 13.4. The minimum absolute atomic E-state index is 0.101. The molecule has 6 heteroatoms. The summed E-state index contributed by atoms with van der Waals surface area (Å²) in [4.78, 5) is 15.4. The molecular formula is C16H14FN3O2. The van der Waals surface area contributed by atoms with Crippen LogP contribution in [0.25, 0.3) is 16.9 Å². The molecule has 0 bridgehead atoms. The number of carbonyl (C=O) groups is 1. The Morgan fingerprint density at radius 2 is 2.09 bits per heavy atom. The van der Waals surface area contributed by atoms with Gasteiger partial charge in [0.05, 0.1) is 12.1 Å². The molecule has 2 heterocycles. The molecule has 112 valence electrons. The number of aliphatic carboxylic acids is 1. The minimum atomic E-state index is -0.912. The van der Waals surface area contributed by atoms with E-state index in [4.69, 9.17) is 5.11 Å². The van der Waals surface area contributed by atoms with E-state index in [0.717, 1.165) is 5.69 Å². The van der Waals surface area contributed by atoms with Crippen LogP contribution in [-0.4, -0.2) is 25.7 Å². The number of hydrogen-bond donors (Lipinski definition) is 1. The molecule has 3 rings (SSSR count). The molecule has 0 amide bonds. The van der Waals surface area contributed by atoms with Crippen LogP contribution in [0.3, 0.4) is 0 Å². The highest BCUT2D eigenvalue weighted by atomic mass is 19.1. The summed E-state index contributed by atoms with van der Waals surface area (Å²) in [6, 6.07) is 7.93. The summed E-state index contributed by atoms with van der Waals surface area (Å²) in [7, 11) is 0. The Morgan fingerprint density at radius 1 is 1.32 bits per heavy atom. The highest BCUT2D eigenvalue weighted by Gasteiger charge is 2.15. The molecule has 0 aliphatic carbocycles. The summed E-state index contributed by atoms with van der Waals surface area (Å²) in [5.74, 6) is -1.24. The van der Waals surface area contributed by atoms with Gasteiger partial charge in [0, 0.05) is 28.6 Å². The van der Waals surface area contributed by atoms with E-state index < -0.39 is 5.97 Å². The van der Waals surface area contributed by atoms with Gasteiger partial charge in [0.15, 0.2) is 5.65 Å². The van der Waals surface area contributed by atoms with Crippen LogP contribution in [0.5, 0.6) is 0 Å². The van der Waals surface area contributed by atoms with Crippen molar-refractivity contribution < 1.29 is 14.3 Å². The van der Waals surface area contributed by atoms with E-state index in [1.807, 2.05) is 6.92 Å². The fourth-order valence-electron chi connectivity index (χ4n) is 2.52. The number of fused-ring (bicyclic) bond motifs is 1. The maximum atomic E-state index is 13.3. The molecule has 0 aliphatic heterocycles. The zero-order chi connectivity index (χ0) is 15.9. The Labute approximate surface area is 126 Å². The van der Waals surface area contributed by atoms with Crippen LogP contribution >= 0.6 is 0 Å². The summed E-state index contributed by atoms with van der Waals surface area (Å²) in [5.41, 5.74) is 3.91. The Kier molecular flexibility index (Phi) is 3.36. The van der Waals surface area contributed by atoms with E-state index in [0.29, 0.717) is 28.2 Å². The predicted molar refractivity (Wildman–Crippen MR) is 79.2 cm³/mol. The third kappa shape index (κ3) is 2.43. The normalized spacial score (nSPS) is 11.0. The molecule has 0 saturated heterocycles. The maximum absolute atomic E-state index is 13.3. The number of nitrogens with zero attached hydrogens (tertiary/aromatic N) is 3. The lowest BCUT2D eigenvalue weighted by Crippen LogP contribution is -2.10. The van der Waals surface area contributed by atoms with E-state index in [9.17, 15) is 9.18 Å². The zero-order valence-corrected chi connectivity index (χ0v) is 12.2. The van der Waals surface area contributed by atoms with Crippen molar-refractivity contribution in [1.82, 2.24) is 14.6 Å². The highest BCUT2D eigenvalue weighted by Crippen LogP contribution is 2.22. The van der Waals surface area contributed by atoms with E-state index >= 15 is 0 Å². The van der Waals surface area contributed by atoms with Gasteiger partial charge in [-0.2, -0.15) is 5.10 Å². The topological polar surface area (TPSA) is 67.5 Å². The van der Waals surface area contributed by atoms with Gasteiger partial charge < -0.3 is 5.11 Å². The molecule has 1 aromatic carbocycles. The predicted octanol–water partition coefficient (Wildman–Crippen LogP) is 2.78. The molecular weight excluding hydrogens is 285 g/mol. The van der Waals surface area contributed by atoms with Gasteiger partial charge in [-0.05, 0) is 26.0 Å². The number of halogens is 1. The van der Waals surface area contributed by atoms with E-state index in [2.05, 4.69) is 10.1 Å². The van der Waals surface area contributed by atoms with Gasteiger partial charge in [0.1, 0.15) is 5.82 Å². The molecule has 0 unspecified atom stereocenters. The van der Waals surface area contributed by atoms with E-state index in [-0.39, 0.29) is 12.2 Å². The van der Waals surface area contributed by atoms with Gasteiger partial charge in [0.25, 0.3) is 0 Å². The molecule has 0 aliphatic rings. The number of carboxylic acids is 1. The van der Waals surface area contributed by atoms with Crippen molar-refractivity contribution >= 4 is 11.6 Å². The van der Waals surface area contributed by atoms with Crippen LogP contribution in [-0.2, 0) is 11.2 Å². The van der Waals surface area contributed by atoms with Crippen molar-refractivity contribution in [2.24, 2.45) is 0 Å². The molecule has 1 N–H and O–H groups in total. The number of hydrogen-bond acceptors (Lipinski definition) is 3. The lowest BCUT2D eigenvalue weighted by Gasteiger charge is -2.08. The fraction of sp³-hybridized carbons (Fsp3) is 0.188. The van der Waals surface area contributed by atoms with Gasteiger partial charge in [-0.3, -0.25) is 4.79 Å². The first kappa shape index (κ1) is 14.2. The minimum Gasteiger partial charge on any atom is -0.481 e. The summed E-state index contributed by atoms with van der Waals surface area (Å²) >= 11 is 0. The first-order chi connectivity index (χ1) is 10.5. The van der Waals surface area contributed by atoms with Gasteiger partial charge in [-0.1, -0.05) is 12.1 Å². The second kappa shape index (κ2) is 5.22. The molecule has 0 fully saturated rings. The second-order valence-electron chi connectivity index (χ2n) is 5.14. The molecule has 0 spiro atoms. The number of rotatable bonds is 3. The lowest BCUT2D eigenvalue weighted by molar-refractivity contribution is -0.136. The van der Waals surface area contributed by atoms with Crippen molar-refractivity contribution in [3.63, 3.8) is 0 Å². The first-order valence-corrected chi connectivity index (χ1v) is 6.79.